The third-order valence-corrected chi connectivity index (χ3v) is 8.03. The van der Waals surface area contributed by atoms with Gasteiger partial charge in [0.05, 0.1) is 0 Å². The van der Waals surface area contributed by atoms with Crippen LogP contribution in [-0.4, -0.2) is 0 Å². The summed E-state index contributed by atoms with van der Waals surface area (Å²) in [6.45, 7) is 0. The normalized spacial score (nSPS) is 37.6. The van der Waals surface area contributed by atoms with E-state index < -0.39 is 0 Å². The van der Waals surface area contributed by atoms with Crippen LogP contribution < -0.4 is 0 Å². The molecule has 1 heteroatoms. The number of rotatable bonds is 2. The molecule has 2 aromatic rings. The summed E-state index contributed by atoms with van der Waals surface area (Å²) in [7, 11) is 0. The molecule has 0 spiro atoms. The van der Waals surface area contributed by atoms with Gasteiger partial charge in [0.15, 0.2) is 0 Å². The van der Waals surface area contributed by atoms with Crippen LogP contribution in [0.2, 0.25) is 0 Å². The zero-order valence-corrected chi connectivity index (χ0v) is 17.8. The molecule has 0 amide bonds. The zero-order chi connectivity index (χ0) is 16.0. The van der Waals surface area contributed by atoms with Gasteiger partial charge in [0.25, 0.3) is 0 Å². The molecule has 0 aliphatic heterocycles. The van der Waals surface area contributed by atoms with Crippen molar-refractivity contribution < 1.29 is 26.2 Å². The molecular weight excluding hydrogens is 379 g/mol. The van der Waals surface area contributed by atoms with Crippen LogP contribution in [0.3, 0.4) is 0 Å². The molecule has 0 heterocycles. The molecule has 0 saturated heterocycles. The van der Waals surface area contributed by atoms with Crippen LogP contribution in [0, 0.1) is 11.8 Å². The fraction of sp³-hybridized carbons (Fsp3) is 0.583. The number of fused-ring (bicyclic) bond motifs is 4. The molecule has 4 saturated carbocycles. The SMILES string of the molecule is [Zr+2].c1c[cH-]c(C23CCC(CC2)C3)c1.c1c[cH-]c(C23CCC(CC2)C3)c1. The summed E-state index contributed by atoms with van der Waals surface area (Å²) in [6.07, 6.45) is 14.8. The van der Waals surface area contributed by atoms with Gasteiger partial charge < -0.3 is 0 Å². The van der Waals surface area contributed by atoms with Crippen LogP contribution in [0.15, 0.2) is 48.5 Å². The van der Waals surface area contributed by atoms with Crippen LogP contribution in [0.1, 0.15) is 75.3 Å². The molecular formula is C24H30Zr. The molecule has 4 aliphatic carbocycles. The Kier molecular flexibility index (Phi) is 5.00. The van der Waals surface area contributed by atoms with Gasteiger partial charge in [-0.3, -0.25) is 0 Å². The molecule has 2 aromatic carbocycles. The molecule has 0 N–H and O–H groups in total. The van der Waals surface area contributed by atoms with E-state index in [1.54, 1.807) is 11.1 Å². The van der Waals surface area contributed by atoms with Crippen LogP contribution in [0.4, 0.5) is 0 Å². The zero-order valence-electron chi connectivity index (χ0n) is 15.3. The van der Waals surface area contributed by atoms with Crippen molar-refractivity contribution in [2.24, 2.45) is 11.8 Å². The van der Waals surface area contributed by atoms with E-state index >= 15 is 0 Å². The summed E-state index contributed by atoms with van der Waals surface area (Å²) >= 11 is 0. The Morgan fingerprint density at radius 3 is 1.32 bits per heavy atom. The van der Waals surface area contributed by atoms with Crippen molar-refractivity contribution in [2.45, 2.75) is 75.0 Å². The van der Waals surface area contributed by atoms with Crippen molar-refractivity contribution in [2.75, 3.05) is 0 Å². The molecule has 0 atom stereocenters. The summed E-state index contributed by atoms with van der Waals surface area (Å²) in [5.41, 5.74) is 4.52. The quantitative estimate of drug-likeness (QED) is 0.498. The van der Waals surface area contributed by atoms with E-state index in [-0.39, 0.29) is 26.2 Å². The molecule has 4 fully saturated rings. The van der Waals surface area contributed by atoms with Crippen molar-refractivity contribution in [3.8, 4) is 0 Å². The van der Waals surface area contributed by atoms with E-state index in [1.165, 1.54) is 64.2 Å². The molecule has 6 rings (SSSR count). The fourth-order valence-electron chi connectivity index (χ4n) is 6.65. The average Bonchev–Trinajstić information content (AvgIpc) is 3.47. The molecule has 130 valence electrons. The minimum atomic E-state index is 0. The van der Waals surface area contributed by atoms with Gasteiger partial charge in [0.2, 0.25) is 0 Å². The summed E-state index contributed by atoms with van der Waals surface area (Å²) in [5.74, 6) is 2.14. The van der Waals surface area contributed by atoms with Crippen LogP contribution >= 0.6 is 0 Å². The van der Waals surface area contributed by atoms with Crippen LogP contribution in [0.25, 0.3) is 0 Å². The Balaban J connectivity index is 0.000000121. The van der Waals surface area contributed by atoms with E-state index in [0.717, 1.165) is 11.8 Å². The van der Waals surface area contributed by atoms with Crippen molar-refractivity contribution in [1.29, 1.82) is 0 Å². The van der Waals surface area contributed by atoms with E-state index in [0.29, 0.717) is 10.8 Å². The molecule has 4 bridgehead atoms. The molecule has 0 unspecified atom stereocenters. The van der Waals surface area contributed by atoms with Gasteiger partial charge in [-0.15, -0.1) is 0 Å². The van der Waals surface area contributed by atoms with E-state index in [4.69, 9.17) is 0 Å². The first-order valence-electron chi connectivity index (χ1n) is 10.2. The second-order valence-corrected chi connectivity index (χ2v) is 9.20. The van der Waals surface area contributed by atoms with Crippen LogP contribution in [-0.2, 0) is 37.0 Å². The van der Waals surface area contributed by atoms with E-state index in [1.807, 2.05) is 0 Å². The minimum Gasteiger partial charge on any atom is -0.213 e. The Morgan fingerprint density at radius 1 is 0.680 bits per heavy atom. The molecule has 4 aliphatic rings. The van der Waals surface area contributed by atoms with Gasteiger partial charge in [-0.2, -0.15) is 35.4 Å². The Labute approximate surface area is 172 Å². The molecule has 0 aromatic heterocycles. The van der Waals surface area contributed by atoms with Gasteiger partial charge in [0.1, 0.15) is 0 Å². The van der Waals surface area contributed by atoms with Crippen molar-refractivity contribution in [1.82, 2.24) is 0 Å². The standard InChI is InChI=1S/2C12H15.Zr/c2*1-2-4-11(3-1)12-7-5-10(9-12)6-8-12;/h2*1-4,10H,5-9H2;/q2*-1;+2. The monoisotopic (exact) mass is 408 g/mol. The van der Waals surface area contributed by atoms with Crippen molar-refractivity contribution in [3.05, 3.63) is 59.7 Å². The van der Waals surface area contributed by atoms with Gasteiger partial charge in [-0.1, -0.05) is 0 Å². The van der Waals surface area contributed by atoms with Gasteiger partial charge >= 0.3 is 26.2 Å². The number of hydrogen-bond acceptors (Lipinski definition) is 0. The van der Waals surface area contributed by atoms with Crippen LogP contribution in [0.5, 0.6) is 0 Å². The Bertz CT molecular complexity index is 587. The summed E-state index contributed by atoms with van der Waals surface area (Å²) < 4.78 is 0. The smallest absolute Gasteiger partial charge is 0.213 e. The maximum atomic E-state index is 2.33. The van der Waals surface area contributed by atoms with Gasteiger partial charge in [-0.05, 0) is 86.9 Å². The first kappa shape index (κ1) is 18.0. The predicted molar refractivity (Wildman–Crippen MR) is 101 cm³/mol. The summed E-state index contributed by atoms with van der Waals surface area (Å²) in [5, 5.41) is 0. The Hall–Kier alpha value is -0.417. The van der Waals surface area contributed by atoms with Crippen molar-refractivity contribution in [3.63, 3.8) is 0 Å². The third-order valence-electron chi connectivity index (χ3n) is 8.03. The fourth-order valence-corrected chi connectivity index (χ4v) is 6.65. The van der Waals surface area contributed by atoms with E-state index in [9.17, 15) is 0 Å². The van der Waals surface area contributed by atoms with E-state index in [2.05, 4.69) is 48.5 Å². The molecule has 0 nitrogen and oxygen atoms in total. The topological polar surface area (TPSA) is 0 Å². The minimum absolute atomic E-state index is 0. The second-order valence-electron chi connectivity index (χ2n) is 9.20. The number of hydrogen-bond donors (Lipinski definition) is 0. The summed E-state index contributed by atoms with van der Waals surface area (Å²) in [6, 6.07) is 18.1. The van der Waals surface area contributed by atoms with Gasteiger partial charge in [-0.25, -0.2) is 24.3 Å². The molecule has 0 radical (unpaired) electrons. The average molecular weight is 410 g/mol. The largest absolute Gasteiger partial charge is 2.00 e. The first-order chi connectivity index (χ1) is 11.8. The second kappa shape index (κ2) is 6.96. The maximum absolute atomic E-state index is 2.33. The first-order valence-corrected chi connectivity index (χ1v) is 10.2. The predicted octanol–water partition coefficient (Wildman–Crippen LogP) is 6.47. The van der Waals surface area contributed by atoms with Crippen molar-refractivity contribution >= 4 is 0 Å². The third kappa shape index (κ3) is 3.09. The molecule has 25 heavy (non-hydrogen) atoms. The maximum Gasteiger partial charge on any atom is 2.00 e. The Morgan fingerprint density at radius 2 is 1.08 bits per heavy atom. The van der Waals surface area contributed by atoms with Gasteiger partial charge in [0, 0.05) is 0 Å². The summed E-state index contributed by atoms with van der Waals surface area (Å²) in [4.78, 5) is 0.